The molecule has 0 radical (unpaired) electrons. The SMILES string of the molecule is COc1ccc2nc(Cl)c([C@H]3OC(c4ccccc4)=NN3C(C)=O)cc2c1. The van der Waals surface area contributed by atoms with Crippen LogP contribution in [0.15, 0.2) is 59.7 Å². The predicted octanol–water partition coefficient (Wildman–Crippen LogP) is 4.14. The Bertz CT molecular complexity index is 1050. The topological polar surface area (TPSA) is 64.0 Å². The number of pyridine rings is 1. The third kappa shape index (κ3) is 3.19. The lowest BCUT2D eigenvalue weighted by Crippen LogP contribution is -2.25. The fourth-order valence-electron chi connectivity index (χ4n) is 2.91. The Labute approximate surface area is 161 Å². The number of carbonyl (C=O) groups excluding carboxylic acids is 1. The molecule has 1 aliphatic heterocycles. The van der Waals surface area contributed by atoms with E-state index in [9.17, 15) is 4.79 Å². The van der Waals surface area contributed by atoms with Gasteiger partial charge in [0.1, 0.15) is 10.9 Å². The van der Waals surface area contributed by atoms with Crippen molar-refractivity contribution in [1.82, 2.24) is 9.99 Å². The van der Waals surface area contributed by atoms with Crippen molar-refractivity contribution in [3.05, 3.63) is 70.9 Å². The Morgan fingerprint density at radius 1 is 1.19 bits per heavy atom. The number of fused-ring (bicyclic) bond motifs is 1. The summed E-state index contributed by atoms with van der Waals surface area (Å²) >= 11 is 6.41. The van der Waals surface area contributed by atoms with Crippen LogP contribution in [-0.2, 0) is 9.53 Å². The van der Waals surface area contributed by atoms with Crippen molar-refractivity contribution in [2.75, 3.05) is 7.11 Å². The van der Waals surface area contributed by atoms with E-state index in [1.54, 1.807) is 7.11 Å². The molecule has 1 aliphatic rings. The Morgan fingerprint density at radius 2 is 1.96 bits per heavy atom. The van der Waals surface area contributed by atoms with E-state index >= 15 is 0 Å². The number of rotatable bonds is 3. The Balaban J connectivity index is 1.77. The van der Waals surface area contributed by atoms with Gasteiger partial charge in [0.15, 0.2) is 0 Å². The summed E-state index contributed by atoms with van der Waals surface area (Å²) in [5.41, 5.74) is 2.06. The lowest BCUT2D eigenvalue weighted by atomic mass is 10.1. The average molecular weight is 382 g/mol. The highest BCUT2D eigenvalue weighted by atomic mass is 35.5. The molecule has 1 atom stereocenters. The second-order valence-corrected chi connectivity index (χ2v) is 6.39. The predicted molar refractivity (Wildman–Crippen MR) is 103 cm³/mol. The van der Waals surface area contributed by atoms with Gasteiger partial charge >= 0.3 is 0 Å². The summed E-state index contributed by atoms with van der Waals surface area (Å²) in [5.74, 6) is 0.805. The van der Waals surface area contributed by atoms with Gasteiger partial charge in [-0.25, -0.2) is 4.98 Å². The number of hydrogen-bond acceptors (Lipinski definition) is 5. The molecule has 0 fully saturated rings. The second kappa shape index (κ2) is 6.89. The summed E-state index contributed by atoms with van der Waals surface area (Å²) in [4.78, 5) is 16.6. The van der Waals surface area contributed by atoms with Crippen LogP contribution in [0.1, 0.15) is 24.3 Å². The monoisotopic (exact) mass is 381 g/mol. The van der Waals surface area contributed by atoms with Crippen LogP contribution in [0.5, 0.6) is 5.75 Å². The van der Waals surface area contributed by atoms with Crippen LogP contribution < -0.4 is 4.74 Å². The van der Waals surface area contributed by atoms with Crippen molar-refractivity contribution in [2.45, 2.75) is 13.2 Å². The first kappa shape index (κ1) is 17.3. The van der Waals surface area contributed by atoms with Gasteiger partial charge in [0, 0.05) is 17.9 Å². The molecular formula is C20H16ClN3O3. The summed E-state index contributed by atoms with van der Waals surface area (Å²) in [6.45, 7) is 1.43. The van der Waals surface area contributed by atoms with Crippen LogP contribution in [0.4, 0.5) is 0 Å². The summed E-state index contributed by atoms with van der Waals surface area (Å²) in [5, 5.41) is 6.70. The summed E-state index contributed by atoms with van der Waals surface area (Å²) in [6, 6.07) is 16.7. The molecule has 1 aromatic heterocycles. The quantitative estimate of drug-likeness (QED) is 0.640. The first-order valence-corrected chi connectivity index (χ1v) is 8.69. The van der Waals surface area contributed by atoms with E-state index in [1.807, 2.05) is 54.6 Å². The summed E-state index contributed by atoms with van der Waals surface area (Å²) in [6.07, 6.45) is -0.784. The molecule has 1 amide bonds. The fraction of sp³-hybridized carbons (Fsp3) is 0.150. The van der Waals surface area contributed by atoms with Crippen LogP contribution in [-0.4, -0.2) is 28.9 Å². The second-order valence-electron chi connectivity index (χ2n) is 6.03. The average Bonchev–Trinajstić information content (AvgIpc) is 3.13. The molecule has 2 heterocycles. The van der Waals surface area contributed by atoms with Crippen LogP contribution in [0.3, 0.4) is 0 Å². The van der Waals surface area contributed by atoms with Crippen molar-refractivity contribution in [2.24, 2.45) is 5.10 Å². The maximum atomic E-state index is 12.1. The molecule has 136 valence electrons. The highest BCUT2D eigenvalue weighted by Crippen LogP contribution is 2.35. The van der Waals surface area contributed by atoms with Crippen LogP contribution in [0.2, 0.25) is 5.15 Å². The van der Waals surface area contributed by atoms with Gasteiger partial charge in [0.25, 0.3) is 0 Å². The van der Waals surface area contributed by atoms with E-state index in [0.717, 1.165) is 16.5 Å². The van der Waals surface area contributed by atoms with E-state index in [2.05, 4.69) is 10.1 Å². The third-order valence-corrected chi connectivity index (χ3v) is 4.56. The fourth-order valence-corrected chi connectivity index (χ4v) is 3.15. The minimum Gasteiger partial charge on any atom is -0.497 e. The van der Waals surface area contributed by atoms with Crippen molar-refractivity contribution < 1.29 is 14.3 Å². The first-order chi connectivity index (χ1) is 13.1. The number of ether oxygens (including phenoxy) is 2. The number of nitrogens with zero attached hydrogens (tertiary/aromatic N) is 3. The molecule has 6 nitrogen and oxygen atoms in total. The van der Waals surface area contributed by atoms with E-state index in [4.69, 9.17) is 21.1 Å². The number of aromatic nitrogens is 1. The van der Waals surface area contributed by atoms with Crippen molar-refractivity contribution >= 4 is 34.3 Å². The van der Waals surface area contributed by atoms with E-state index in [0.29, 0.717) is 17.2 Å². The van der Waals surface area contributed by atoms with E-state index in [-0.39, 0.29) is 11.1 Å². The molecule has 0 N–H and O–H groups in total. The molecule has 0 saturated heterocycles. The summed E-state index contributed by atoms with van der Waals surface area (Å²) in [7, 11) is 1.60. The zero-order valence-electron chi connectivity index (χ0n) is 14.7. The van der Waals surface area contributed by atoms with Gasteiger partial charge in [-0.2, -0.15) is 5.01 Å². The number of hydrogen-bond donors (Lipinski definition) is 0. The molecule has 0 aliphatic carbocycles. The Kier molecular flexibility index (Phi) is 4.41. The van der Waals surface area contributed by atoms with Crippen molar-refractivity contribution in [3.63, 3.8) is 0 Å². The molecule has 3 aromatic rings. The maximum absolute atomic E-state index is 12.1. The Hall–Kier alpha value is -3.12. The molecule has 0 saturated carbocycles. The highest BCUT2D eigenvalue weighted by molar-refractivity contribution is 6.30. The summed E-state index contributed by atoms with van der Waals surface area (Å²) < 4.78 is 11.3. The number of amides is 1. The molecule has 0 spiro atoms. The zero-order valence-corrected chi connectivity index (χ0v) is 15.5. The molecule has 4 rings (SSSR count). The number of benzene rings is 2. The van der Waals surface area contributed by atoms with Crippen LogP contribution >= 0.6 is 11.6 Å². The minimum atomic E-state index is -0.784. The number of methoxy groups -OCH3 is 1. The molecular weight excluding hydrogens is 366 g/mol. The van der Waals surface area contributed by atoms with E-state index in [1.165, 1.54) is 11.9 Å². The van der Waals surface area contributed by atoms with Gasteiger partial charge in [-0.1, -0.05) is 29.8 Å². The van der Waals surface area contributed by atoms with Crippen molar-refractivity contribution in [1.29, 1.82) is 0 Å². The molecule has 27 heavy (non-hydrogen) atoms. The standard InChI is InChI=1S/C20H16ClN3O3/c1-12(25)24-20(27-19(23-24)13-6-4-3-5-7-13)16-11-14-10-15(26-2)8-9-17(14)22-18(16)21/h3-11,20H,1-2H3/t20-/m1/s1. The number of halogens is 1. The first-order valence-electron chi connectivity index (χ1n) is 8.31. The largest absolute Gasteiger partial charge is 0.497 e. The minimum absolute atomic E-state index is 0.257. The van der Waals surface area contributed by atoms with Gasteiger partial charge in [-0.15, -0.1) is 5.10 Å². The van der Waals surface area contributed by atoms with Crippen LogP contribution in [0, 0.1) is 0 Å². The van der Waals surface area contributed by atoms with Crippen molar-refractivity contribution in [3.8, 4) is 5.75 Å². The zero-order chi connectivity index (χ0) is 19.0. The molecule has 2 aromatic carbocycles. The number of hydrazone groups is 1. The smallest absolute Gasteiger partial charge is 0.243 e. The van der Waals surface area contributed by atoms with Gasteiger partial charge < -0.3 is 9.47 Å². The normalized spacial score (nSPS) is 16.2. The third-order valence-electron chi connectivity index (χ3n) is 4.26. The van der Waals surface area contributed by atoms with Gasteiger partial charge in [0.05, 0.1) is 18.2 Å². The van der Waals surface area contributed by atoms with Gasteiger partial charge in [-0.05, 0) is 36.4 Å². The lowest BCUT2D eigenvalue weighted by molar-refractivity contribution is -0.135. The molecule has 0 unspecified atom stereocenters. The number of carbonyl (C=O) groups is 1. The van der Waals surface area contributed by atoms with E-state index < -0.39 is 6.23 Å². The van der Waals surface area contributed by atoms with Gasteiger partial charge in [0.2, 0.25) is 18.0 Å². The lowest BCUT2D eigenvalue weighted by Gasteiger charge is -2.20. The van der Waals surface area contributed by atoms with Crippen LogP contribution in [0.25, 0.3) is 10.9 Å². The van der Waals surface area contributed by atoms with Gasteiger partial charge in [-0.3, -0.25) is 4.79 Å². The Morgan fingerprint density at radius 3 is 2.67 bits per heavy atom. The molecule has 7 heteroatoms. The molecule has 0 bridgehead atoms. The highest BCUT2D eigenvalue weighted by Gasteiger charge is 2.35. The maximum Gasteiger partial charge on any atom is 0.243 e.